The van der Waals surface area contributed by atoms with Crippen LogP contribution in [-0.2, 0) is 14.3 Å². The van der Waals surface area contributed by atoms with Crippen LogP contribution >= 0.6 is 0 Å². The third-order valence-electron chi connectivity index (χ3n) is 3.78. The number of carbonyl (C=O) groups is 2. The van der Waals surface area contributed by atoms with Crippen LogP contribution in [0.4, 0.5) is 0 Å². The zero-order valence-corrected chi connectivity index (χ0v) is 9.20. The molecule has 1 unspecified atom stereocenters. The molecule has 0 radical (unpaired) electrons. The van der Waals surface area contributed by atoms with Gasteiger partial charge in [0.25, 0.3) is 0 Å². The van der Waals surface area contributed by atoms with Crippen LogP contribution in [0.2, 0.25) is 0 Å². The Kier molecular flexibility index (Phi) is 3.08. The minimum Gasteiger partial charge on any atom is -0.469 e. The molecule has 2 aliphatic rings. The lowest BCUT2D eigenvalue weighted by Gasteiger charge is -2.34. The van der Waals surface area contributed by atoms with Gasteiger partial charge < -0.3 is 4.74 Å². The van der Waals surface area contributed by atoms with Crippen LogP contribution in [0.5, 0.6) is 0 Å². The summed E-state index contributed by atoms with van der Waals surface area (Å²) in [6, 6.07) is 0. The van der Waals surface area contributed by atoms with Crippen LogP contribution < -0.4 is 0 Å². The molecule has 1 atom stereocenters. The Hall–Kier alpha value is -0.860. The molecule has 0 saturated heterocycles. The molecule has 0 N–H and O–H groups in total. The Morgan fingerprint density at radius 1 is 1.40 bits per heavy atom. The average molecular weight is 210 g/mol. The van der Waals surface area contributed by atoms with Gasteiger partial charge in [0.1, 0.15) is 5.78 Å². The molecule has 0 amide bonds. The first kappa shape index (κ1) is 10.7. The van der Waals surface area contributed by atoms with Gasteiger partial charge in [-0.15, -0.1) is 0 Å². The molecule has 2 rings (SSSR count). The lowest BCUT2D eigenvalue weighted by atomic mass is 9.71. The number of hydrogen-bond acceptors (Lipinski definition) is 3. The minimum atomic E-state index is -0.0613. The second-order valence-electron chi connectivity index (χ2n) is 4.94. The van der Waals surface area contributed by atoms with Crippen molar-refractivity contribution in [3.05, 3.63) is 0 Å². The first-order chi connectivity index (χ1) is 7.19. The van der Waals surface area contributed by atoms with Gasteiger partial charge >= 0.3 is 5.97 Å². The highest BCUT2D eigenvalue weighted by atomic mass is 16.5. The fourth-order valence-electron chi connectivity index (χ4n) is 2.85. The van der Waals surface area contributed by atoms with E-state index in [-0.39, 0.29) is 11.9 Å². The minimum absolute atomic E-state index is 0.0613. The highest BCUT2D eigenvalue weighted by molar-refractivity contribution is 5.80. The Balaban J connectivity index is 1.67. The lowest BCUT2D eigenvalue weighted by molar-refractivity contribution is -0.150. The largest absolute Gasteiger partial charge is 0.469 e. The zero-order valence-electron chi connectivity index (χ0n) is 9.20. The van der Waals surface area contributed by atoms with Crippen molar-refractivity contribution >= 4 is 11.8 Å². The molecule has 0 bridgehead atoms. The van der Waals surface area contributed by atoms with Crippen molar-refractivity contribution in [1.82, 2.24) is 0 Å². The SMILES string of the molecule is COC(=O)C1CC(CC2CCC(=O)C2)C1. The van der Waals surface area contributed by atoms with E-state index in [4.69, 9.17) is 4.74 Å². The molecule has 3 heteroatoms. The van der Waals surface area contributed by atoms with Gasteiger partial charge in [-0.2, -0.15) is 0 Å². The van der Waals surface area contributed by atoms with Crippen molar-refractivity contribution in [2.24, 2.45) is 17.8 Å². The summed E-state index contributed by atoms with van der Waals surface area (Å²) in [5.41, 5.74) is 0. The third-order valence-corrected chi connectivity index (χ3v) is 3.78. The monoisotopic (exact) mass is 210 g/mol. The number of ketones is 1. The second-order valence-corrected chi connectivity index (χ2v) is 4.94. The molecule has 0 aromatic rings. The maximum absolute atomic E-state index is 11.2. The number of hydrogen-bond donors (Lipinski definition) is 0. The van der Waals surface area contributed by atoms with Crippen LogP contribution in [0, 0.1) is 17.8 Å². The van der Waals surface area contributed by atoms with Crippen molar-refractivity contribution in [2.45, 2.75) is 38.5 Å². The molecule has 0 spiro atoms. The van der Waals surface area contributed by atoms with Crippen LogP contribution in [0.1, 0.15) is 38.5 Å². The quantitative estimate of drug-likeness (QED) is 0.669. The third kappa shape index (κ3) is 2.39. The number of rotatable bonds is 3. The van der Waals surface area contributed by atoms with E-state index >= 15 is 0 Å². The van der Waals surface area contributed by atoms with Gasteiger partial charge in [0, 0.05) is 12.8 Å². The summed E-state index contributed by atoms with van der Waals surface area (Å²) in [7, 11) is 1.45. The first-order valence-electron chi connectivity index (χ1n) is 5.78. The first-order valence-corrected chi connectivity index (χ1v) is 5.78. The van der Waals surface area contributed by atoms with E-state index in [0.29, 0.717) is 17.6 Å². The molecule has 2 saturated carbocycles. The van der Waals surface area contributed by atoms with Crippen molar-refractivity contribution < 1.29 is 14.3 Å². The maximum atomic E-state index is 11.2. The molecule has 84 valence electrons. The van der Waals surface area contributed by atoms with E-state index < -0.39 is 0 Å². The average Bonchev–Trinajstić information content (AvgIpc) is 2.56. The van der Waals surface area contributed by atoms with E-state index in [1.807, 2.05) is 0 Å². The predicted octanol–water partition coefficient (Wildman–Crippen LogP) is 1.94. The van der Waals surface area contributed by atoms with Gasteiger partial charge in [-0.3, -0.25) is 9.59 Å². The number of Topliss-reactive ketones (excluding diaryl/α,β-unsaturated/α-hetero) is 1. The molecular weight excluding hydrogens is 192 g/mol. The number of carbonyl (C=O) groups excluding carboxylic acids is 2. The van der Waals surface area contributed by atoms with Crippen molar-refractivity contribution in [3.63, 3.8) is 0 Å². The Morgan fingerprint density at radius 2 is 2.13 bits per heavy atom. The van der Waals surface area contributed by atoms with E-state index in [1.54, 1.807) is 0 Å². The zero-order chi connectivity index (χ0) is 10.8. The Morgan fingerprint density at radius 3 is 2.67 bits per heavy atom. The molecule has 15 heavy (non-hydrogen) atoms. The Bertz CT molecular complexity index is 266. The summed E-state index contributed by atoms with van der Waals surface area (Å²) >= 11 is 0. The van der Waals surface area contributed by atoms with E-state index in [0.717, 1.165) is 38.5 Å². The molecule has 0 aromatic carbocycles. The summed E-state index contributed by atoms with van der Waals surface area (Å²) in [5.74, 6) is 1.75. The Labute approximate surface area is 90.2 Å². The van der Waals surface area contributed by atoms with Crippen molar-refractivity contribution in [1.29, 1.82) is 0 Å². The normalized spacial score (nSPS) is 35.0. The summed E-state index contributed by atoms with van der Waals surface area (Å²) in [6.45, 7) is 0. The topological polar surface area (TPSA) is 43.4 Å². The van der Waals surface area contributed by atoms with Gasteiger partial charge in [-0.05, 0) is 37.5 Å². The summed E-state index contributed by atoms with van der Waals surface area (Å²) < 4.78 is 4.70. The fourth-order valence-corrected chi connectivity index (χ4v) is 2.85. The van der Waals surface area contributed by atoms with Crippen molar-refractivity contribution in [3.8, 4) is 0 Å². The van der Waals surface area contributed by atoms with Crippen LogP contribution in [-0.4, -0.2) is 18.9 Å². The molecule has 0 aromatic heterocycles. The van der Waals surface area contributed by atoms with E-state index in [2.05, 4.69) is 0 Å². The van der Waals surface area contributed by atoms with Crippen molar-refractivity contribution in [2.75, 3.05) is 7.11 Å². The number of ether oxygens (including phenoxy) is 1. The van der Waals surface area contributed by atoms with Gasteiger partial charge in [0.15, 0.2) is 0 Å². The number of esters is 1. The smallest absolute Gasteiger partial charge is 0.308 e. The molecule has 3 nitrogen and oxygen atoms in total. The fraction of sp³-hybridized carbons (Fsp3) is 0.833. The molecule has 2 fully saturated rings. The second kappa shape index (κ2) is 4.33. The number of methoxy groups -OCH3 is 1. The van der Waals surface area contributed by atoms with Gasteiger partial charge in [0.05, 0.1) is 13.0 Å². The summed E-state index contributed by atoms with van der Waals surface area (Å²) in [4.78, 5) is 22.2. The summed E-state index contributed by atoms with van der Waals surface area (Å²) in [5, 5.41) is 0. The highest BCUT2D eigenvalue weighted by Crippen LogP contribution is 2.41. The standard InChI is InChI=1S/C12H18O3/c1-15-12(14)10-5-9(6-10)4-8-2-3-11(13)7-8/h8-10H,2-7H2,1H3. The van der Waals surface area contributed by atoms with Crippen LogP contribution in [0.25, 0.3) is 0 Å². The van der Waals surface area contributed by atoms with E-state index in [9.17, 15) is 9.59 Å². The van der Waals surface area contributed by atoms with E-state index in [1.165, 1.54) is 7.11 Å². The van der Waals surface area contributed by atoms with Gasteiger partial charge in [-0.25, -0.2) is 0 Å². The molecule has 0 aliphatic heterocycles. The molecule has 2 aliphatic carbocycles. The molecule has 0 heterocycles. The van der Waals surface area contributed by atoms with Crippen LogP contribution in [0.15, 0.2) is 0 Å². The van der Waals surface area contributed by atoms with Gasteiger partial charge in [0.2, 0.25) is 0 Å². The van der Waals surface area contributed by atoms with Gasteiger partial charge in [-0.1, -0.05) is 0 Å². The summed E-state index contributed by atoms with van der Waals surface area (Å²) in [6.07, 6.45) is 5.70. The predicted molar refractivity (Wildman–Crippen MR) is 55.2 cm³/mol. The van der Waals surface area contributed by atoms with Crippen LogP contribution in [0.3, 0.4) is 0 Å². The maximum Gasteiger partial charge on any atom is 0.308 e. The lowest BCUT2D eigenvalue weighted by Crippen LogP contribution is -2.32. The molecular formula is C12H18O3. The highest BCUT2D eigenvalue weighted by Gasteiger charge is 2.37.